The van der Waals surface area contributed by atoms with Crippen LogP contribution in [0.5, 0.6) is 0 Å². The summed E-state index contributed by atoms with van der Waals surface area (Å²) in [5, 5.41) is 3.96. The Morgan fingerprint density at radius 3 is 2.23 bits per heavy atom. The summed E-state index contributed by atoms with van der Waals surface area (Å²) in [6, 6.07) is 28.1. The number of sulfonamides is 1. The molecule has 35 heavy (non-hydrogen) atoms. The third kappa shape index (κ3) is 4.83. The molecular weight excluding hydrogens is 458 g/mol. The minimum absolute atomic E-state index is 0.140. The first-order chi connectivity index (χ1) is 17.0. The van der Waals surface area contributed by atoms with Crippen LogP contribution in [0.15, 0.2) is 102 Å². The molecule has 2 heterocycles. The van der Waals surface area contributed by atoms with E-state index in [0.29, 0.717) is 24.9 Å². The van der Waals surface area contributed by atoms with Crippen molar-refractivity contribution in [3.8, 4) is 0 Å². The van der Waals surface area contributed by atoms with E-state index >= 15 is 0 Å². The molecule has 5 rings (SSSR count). The van der Waals surface area contributed by atoms with Gasteiger partial charge in [0.1, 0.15) is 4.90 Å². The zero-order valence-corrected chi connectivity index (χ0v) is 20.1. The maximum Gasteiger partial charge on any atom is 0.245 e. The number of nitrogens with zero attached hydrogens (tertiary/aromatic N) is 2. The van der Waals surface area contributed by atoms with Crippen LogP contribution in [0, 0.1) is 5.92 Å². The molecule has 0 radical (unpaired) electrons. The fourth-order valence-electron chi connectivity index (χ4n) is 4.71. The number of hydrogen-bond donors (Lipinski definition) is 1. The van der Waals surface area contributed by atoms with Crippen LogP contribution in [-0.2, 0) is 14.8 Å². The average Bonchev–Trinajstić information content (AvgIpc) is 2.92. The molecule has 0 aliphatic carbocycles. The molecule has 1 aliphatic heterocycles. The normalized spacial score (nSPS) is 16.9. The third-order valence-electron chi connectivity index (χ3n) is 6.52. The van der Waals surface area contributed by atoms with Gasteiger partial charge in [-0.1, -0.05) is 78.9 Å². The van der Waals surface area contributed by atoms with Crippen LogP contribution in [0.2, 0.25) is 0 Å². The smallest absolute Gasteiger partial charge is 0.245 e. The van der Waals surface area contributed by atoms with E-state index in [0.717, 1.165) is 16.5 Å². The number of hydrogen-bond acceptors (Lipinski definition) is 4. The molecular formula is C28H27N3O3S. The topological polar surface area (TPSA) is 79.4 Å². The fraction of sp³-hybridized carbons (Fsp3) is 0.214. The predicted octanol–water partition coefficient (Wildman–Crippen LogP) is 4.54. The largest absolute Gasteiger partial charge is 0.345 e. The molecule has 1 saturated heterocycles. The minimum Gasteiger partial charge on any atom is -0.345 e. The van der Waals surface area contributed by atoms with Gasteiger partial charge in [-0.25, -0.2) is 8.42 Å². The molecule has 3 aromatic carbocycles. The number of aromatic nitrogens is 1. The molecule has 1 fully saturated rings. The Bertz CT molecular complexity index is 1380. The van der Waals surface area contributed by atoms with Gasteiger partial charge in [0.05, 0.1) is 17.5 Å². The van der Waals surface area contributed by atoms with Gasteiger partial charge in [0.15, 0.2) is 0 Å². The molecule has 1 atom stereocenters. The van der Waals surface area contributed by atoms with E-state index in [1.807, 2.05) is 72.8 Å². The first-order valence-corrected chi connectivity index (χ1v) is 13.2. The molecule has 0 saturated carbocycles. The van der Waals surface area contributed by atoms with Gasteiger partial charge in [-0.2, -0.15) is 4.31 Å². The standard InChI is InChI=1S/C28H27N3O3S/c32-28(30-26(21-10-3-1-4-11-21)22-12-5-2-6-13-22)24-16-9-19-31(20-24)35(33,34)25-17-7-14-23-15-8-18-29-27(23)25/h1-8,10-15,17-18,24,26H,9,16,19-20H2,(H,30,32). The summed E-state index contributed by atoms with van der Waals surface area (Å²) in [5.74, 6) is -0.574. The first kappa shape index (κ1) is 23.2. The van der Waals surface area contributed by atoms with Crippen molar-refractivity contribution < 1.29 is 13.2 Å². The van der Waals surface area contributed by atoms with Crippen LogP contribution in [-0.4, -0.2) is 36.7 Å². The Morgan fingerprint density at radius 1 is 0.886 bits per heavy atom. The van der Waals surface area contributed by atoms with Gasteiger partial charge in [-0.15, -0.1) is 0 Å². The molecule has 1 unspecified atom stereocenters. The Balaban J connectivity index is 1.39. The zero-order chi connectivity index (χ0) is 24.3. The van der Waals surface area contributed by atoms with Crippen molar-refractivity contribution in [2.45, 2.75) is 23.8 Å². The second-order valence-electron chi connectivity index (χ2n) is 8.80. The number of carbonyl (C=O) groups is 1. The van der Waals surface area contributed by atoms with Crippen LogP contribution >= 0.6 is 0 Å². The number of benzene rings is 3. The van der Waals surface area contributed by atoms with Gasteiger partial charge >= 0.3 is 0 Å². The molecule has 0 bridgehead atoms. The number of nitrogens with one attached hydrogen (secondary N) is 1. The van der Waals surface area contributed by atoms with Crippen molar-refractivity contribution in [2.75, 3.05) is 13.1 Å². The van der Waals surface area contributed by atoms with E-state index in [1.54, 1.807) is 24.4 Å². The minimum atomic E-state index is -3.80. The van der Waals surface area contributed by atoms with Gasteiger partial charge in [-0.05, 0) is 36.1 Å². The highest BCUT2D eigenvalue weighted by Crippen LogP contribution is 2.29. The second kappa shape index (κ2) is 9.98. The van der Waals surface area contributed by atoms with Gasteiger partial charge < -0.3 is 5.32 Å². The molecule has 1 amide bonds. The lowest BCUT2D eigenvalue weighted by molar-refractivity contribution is -0.126. The monoisotopic (exact) mass is 485 g/mol. The van der Waals surface area contributed by atoms with Crippen LogP contribution < -0.4 is 5.32 Å². The highest BCUT2D eigenvalue weighted by atomic mass is 32.2. The molecule has 1 aliphatic rings. The summed E-state index contributed by atoms with van der Waals surface area (Å²) < 4.78 is 28.6. The van der Waals surface area contributed by atoms with Gasteiger partial charge in [0, 0.05) is 24.7 Å². The Hall–Kier alpha value is -3.55. The number of piperidine rings is 1. The molecule has 6 nitrogen and oxygen atoms in total. The van der Waals surface area contributed by atoms with Crippen LogP contribution in [0.4, 0.5) is 0 Å². The fourth-order valence-corrected chi connectivity index (χ4v) is 6.40. The van der Waals surface area contributed by atoms with E-state index in [1.165, 1.54) is 4.31 Å². The molecule has 4 aromatic rings. The SMILES string of the molecule is O=C(NC(c1ccccc1)c1ccccc1)C1CCCN(S(=O)(=O)c2cccc3cccnc23)C1. The van der Waals surface area contributed by atoms with Crippen LogP contribution in [0.3, 0.4) is 0 Å². The van der Waals surface area contributed by atoms with Crippen LogP contribution in [0.1, 0.15) is 30.0 Å². The number of fused-ring (bicyclic) bond motifs is 1. The maximum atomic E-state index is 13.6. The molecule has 0 spiro atoms. The molecule has 178 valence electrons. The Morgan fingerprint density at radius 2 is 1.54 bits per heavy atom. The molecule has 7 heteroatoms. The quantitative estimate of drug-likeness (QED) is 0.435. The van der Waals surface area contributed by atoms with E-state index in [4.69, 9.17) is 0 Å². The van der Waals surface area contributed by atoms with E-state index < -0.39 is 15.9 Å². The van der Waals surface area contributed by atoms with Crippen molar-refractivity contribution >= 4 is 26.8 Å². The summed E-state index contributed by atoms with van der Waals surface area (Å²) in [5.41, 5.74) is 2.41. The highest BCUT2D eigenvalue weighted by molar-refractivity contribution is 7.89. The number of para-hydroxylation sites is 1. The number of carbonyl (C=O) groups excluding carboxylic acids is 1. The Labute approximate surface area is 205 Å². The average molecular weight is 486 g/mol. The number of rotatable bonds is 6. The summed E-state index contributed by atoms with van der Waals surface area (Å²) in [7, 11) is -3.80. The Kier molecular flexibility index (Phi) is 6.61. The molecule has 1 aromatic heterocycles. The summed E-state index contributed by atoms with van der Waals surface area (Å²) in [6.45, 7) is 0.532. The summed E-state index contributed by atoms with van der Waals surface area (Å²) >= 11 is 0. The van der Waals surface area contributed by atoms with Crippen molar-refractivity contribution in [2.24, 2.45) is 5.92 Å². The molecule has 1 N–H and O–H groups in total. The van der Waals surface area contributed by atoms with E-state index in [2.05, 4.69) is 10.3 Å². The van der Waals surface area contributed by atoms with E-state index in [9.17, 15) is 13.2 Å². The third-order valence-corrected chi connectivity index (χ3v) is 8.42. The van der Waals surface area contributed by atoms with Gasteiger partial charge in [-0.3, -0.25) is 9.78 Å². The number of pyridine rings is 1. The van der Waals surface area contributed by atoms with Crippen molar-refractivity contribution in [3.05, 3.63) is 108 Å². The zero-order valence-electron chi connectivity index (χ0n) is 19.2. The highest BCUT2D eigenvalue weighted by Gasteiger charge is 2.35. The lowest BCUT2D eigenvalue weighted by atomic mass is 9.95. The van der Waals surface area contributed by atoms with Crippen molar-refractivity contribution in [1.82, 2.24) is 14.6 Å². The lowest BCUT2D eigenvalue weighted by Gasteiger charge is -2.32. The van der Waals surface area contributed by atoms with E-state index in [-0.39, 0.29) is 23.4 Å². The van der Waals surface area contributed by atoms with Gasteiger partial charge in [0.2, 0.25) is 15.9 Å². The van der Waals surface area contributed by atoms with Crippen molar-refractivity contribution in [3.63, 3.8) is 0 Å². The lowest BCUT2D eigenvalue weighted by Crippen LogP contribution is -2.46. The maximum absolute atomic E-state index is 13.6. The van der Waals surface area contributed by atoms with Gasteiger partial charge in [0.25, 0.3) is 0 Å². The summed E-state index contributed by atoms with van der Waals surface area (Å²) in [4.78, 5) is 17.9. The number of amides is 1. The summed E-state index contributed by atoms with van der Waals surface area (Å²) in [6.07, 6.45) is 2.86. The first-order valence-electron chi connectivity index (χ1n) is 11.8. The van der Waals surface area contributed by atoms with Crippen molar-refractivity contribution in [1.29, 1.82) is 0 Å². The predicted molar refractivity (Wildman–Crippen MR) is 136 cm³/mol. The second-order valence-corrected chi connectivity index (χ2v) is 10.7. The van der Waals surface area contributed by atoms with Crippen LogP contribution in [0.25, 0.3) is 10.9 Å².